The minimum absolute atomic E-state index is 0.0522. The van der Waals surface area contributed by atoms with Crippen molar-refractivity contribution in [2.45, 2.75) is 6.92 Å². The Kier molecular flexibility index (Phi) is 3.94. The molecule has 0 aliphatic carbocycles. The fraction of sp³-hybridized carbons (Fsp3) is 0.188. The molecule has 0 aromatic heterocycles. The third kappa shape index (κ3) is 3.09. The number of carbonyl (C=O) groups excluding carboxylic acids is 1. The Balaban J connectivity index is 2.24. The summed E-state index contributed by atoms with van der Waals surface area (Å²) in [4.78, 5) is 13.3. The van der Waals surface area contributed by atoms with Crippen molar-refractivity contribution in [3.63, 3.8) is 0 Å². The lowest BCUT2D eigenvalue weighted by Crippen LogP contribution is -2.08. The Morgan fingerprint density at radius 1 is 1.10 bits per heavy atom. The predicted molar refractivity (Wildman–Crippen MR) is 81.7 cm³/mol. The van der Waals surface area contributed by atoms with Gasteiger partial charge in [0.05, 0.1) is 0 Å². The van der Waals surface area contributed by atoms with E-state index < -0.39 is 0 Å². The summed E-state index contributed by atoms with van der Waals surface area (Å²) < 4.78 is 5.77. The highest BCUT2D eigenvalue weighted by Crippen LogP contribution is 2.27. The van der Waals surface area contributed by atoms with Gasteiger partial charge < -0.3 is 15.4 Å². The molecule has 2 aromatic rings. The molecule has 0 saturated heterocycles. The maximum absolute atomic E-state index is 11.3. The van der Waals surface area contributed by atoms with Crippen LogP contribution >= 0.6 is 0 Å². The Morgan fingerprint density at radius 2 is 1.80 bits per heavy atom. The number of nitrogen functional groups attached to an aromatic ring is 1. The maximum Gasteiger partial charge on any atom is 0.161 e. The van der Waals surface area contributed by atoms with Crippen LogP contribution in [-0.4, -0.2) is 19.9 Å². The van der Waals surface area contributed by atoms with Crippen molar-refractivity contribution in [3.8, 4) is 11.5 Å². The summed E-state index contributed by atoms with van der Waals surface area (Å²) in [5.74, 6) is 1.29. The molecular weight excluding hydrogens is 252 g/mol. The summed E-state index contributed by atoms with van der Waals surface area (Å²) in [5.41, 5.74) is 7.84. The lowest BCUT2D eigenvalue weighted by molar-refractivity contribution is 0.101. The fourth-order valence-electron chi connectivity index (χ4n) is 1.89. The minimum atomic E-state index is -0.0522. The van der Waals surface area contributed by atoms with Gasteiger partial charge in [0.2, 0.25) is 0 Å². The first kappa shape index (κ1) is 13.9. The molecule has 0 saturated carbocycles. The van der Waals surface area contributed by atoms with Crippen molar-refractivity contribution in [3.05, 3.63) is 48.0 Å². The lowest BCUT2D eigenvalue weighted by atomic mass is 10.1. The van der Waals surface area contributed by atoms with E-state index in [1.165, 1.54) is 6.92 Å². The summed E-state index contributed by atoms with van der Waals surface area (Å²) in [5, 5.41) is 0. The molecule has 0 unspecified atom stereocenters. The van der Waals surface area contributed by atoms with E-state index in [-0.39, 0.29) is 5.78 Å². The number of hydrogen-bond donors (Lipinski definition) is 1. The first-order valence-corrected chi connectivity index (χ1v) is 6.33. The molecule has 0 bridgehead atoms. The first-order chi connectivity index (χ1) is 9.47. The van der Waals surface area contributed by atoms with E-state index in [1.54, 1.807) is 18.2 Å². The zero-order valence-electron chi connectivity index (χ0n) is 11.9. The normalized spacial score (nSPS) is 10.2. The van der Waals surface area contributed by atoms with Gasteiger partial charge in [-0.3, -0.25) is 4.79 Å². The molecule has 0 radical (unpaired) electrons. The van der Waals surface area contributed by atoms with E-state index in [0.717, 1.165) is 11.4 Å². The van der Waals surface area contributed by atoms with E-state index in [4.69, 9.17) is 10.5 Å². The monoisotopic (exact) mass is 270 g/mol. The van der Waals surface area contributed by atoms with Crippen LogP contribution < -0.4 is 15.4 Å². The van der Waals surface area contributed by atoms with Crippen LogP contribution in [0.25, 0.3) is 0 Å². The predicted octanol–water partition coefficient (Wildman–Crippen LogP) is 3.33. The van der Waals surface area contributed by atoms with Crippen LogP contribution in [0.2, 0.25) is 0 Å². The Bertz CT molecular complexity index is 636. The summed E-state index contributed by atoms with van der Waals surface area (Å²) in [6.07, 6.45) is 0. The molecule has 0 spiro atoms. The number of nitrogens with zero attached hydrogens (tertiary/aromatic N) is 1. The number of carbonyl (C=O) groups is 1. The highest BCUT2D eigenvalue weighted by Gasteiger charge is 2.07. The van der Waals surface area contributed by atoms with Crippen LogP contribution in [0.15, 0.2) is 42.5 Å². The van der Waals surface area contributed by atoms with Crippen molar-refractivity contribution in [1.82, 2.24) is 0 Å². The van der Waals surface area contributed by atoms with Crippen LogP contribution in [0.4, 0.5) is 11.4 Å². The van der Waals surface area contributed by atoms with E-state index in [9.17, 15) is 4.79 Å². The number of anilines is 2. The highest BCUT2D eigenvalue weighted by molar-refractivity contribution is 5.99. The molecule has 4 heteroatoms. The smallest absolute Gasteiger partial charge is 0.161 e. The van der Waals surface area contributed by atoms with Gasteiger partial charge in [-0.1, -0.05) is 6.07 Å². The maximum atomic E-state index is 11.3. The molecule has 0 amide bonds. The number of ketones is 1. The van der Waals surface area contributed by atoms with Gasteiger partial charge in [0.1, 0.15) is 11.5 Å². The second kappa shape index (κ2) is 5.65. The Hall–Kier alpha value is -2.49. The van der Waals surface area contributed by atoms with Gasteiger partial charge in [0.25, 0.3) is 0 Å². The summed E-state index contributed by atoms with van der Waals surface area (Å²) in [7, 11) is 3.94. The fourth-order valence-corrected chi connectivity index (χ4v) is 1.89. The van der Waals surface area contributed by atoms with Crippen molar-refractivity contribution >= 4 is 17.2 Å². The van der Waals surface area contributed by atoms with Crippen molar-refractivity contribution in [2.24, 2.45) is 0 Å². The van der Waals surface area contributed by atoms with Gasteiger partial charge in [-0.05, 0) is 31.2 Å². The molecule has 2 aromatic carbocycles. The number of Topliss-reactive ketones (excluding diaryl/α,β-unsaturated/α-hetero) is 1. The zero-order chi connectivity index (χ0) is 14.7. The first-order valence-electron chi connectivity index (χ1n) is 6.33. The second-order valence-corrected chi connectivity index (χ2v) is 4.80. The number of ether oxygens (including phenoxy) is 1. The molecule has 2 rings (SSSR count). The molecule has 0 atom stereocenters. The van der Waals surface area contributed by atoms with Crippen molar-refractivity contribution < 1.29 is 9.53 Å². The third-order valence-corrected chi connectivity index (χ3v) is 2.97. The number of hydrogen-bond acceptors (Lipinski definition) is 4. The van der Waals surface area contributed by atoms with Gasteiger partial charge >= 0.3 is 0 Å². The SMILES string of the molecule is CC(=O)c1ccc(Oc2cccc(N(C)C)c2)cc1N. The molecule has 20 heavy (non-hydrogen) atoms. The Morgan fingerprint density at radius 3 is 2.40 bits per heavy atom. The van der Waals surface area contributed by atoms with Crippen LogP contribution in [-0.2, 0) is 0 Å². The van der Waals surface area contributed by atoms with E-state index in [1.807, 2.05) is 43.3 Å². The molecule has 104 valence electrons. The van der Waals surface area contributed by atoms with Crippen molar-refractivity contribution in [1.29, 1.82) is 0 Å². The molecule has 4 nitrogen and oxygen atoms in total. The third-order valence-electron chi connectivity index (χ3n) is 2.97. The Labute approximate surface area is 118 Å². The number of rotatable bonds is 4. The summed E-state index contributed by atoms with van der Waals surface area (Å²) in [6.45, 7) is 1.49. The van der Waals surface area contributed by atoms with E-state index in [0.29, 0.717) is 17.0 Å². The van der Waals surface area contributed by atoms with Crippen molar-refractivity contribution in [2.75, 3.05) is 24.7 Å². The number of nitrogens with two attached hydrogens (primary N) is 1. The standard InChI is InChI=1S/C16H18N2O2/c1-11(19)15-8-7-14(10-16(15)17)20-13-6-4-5-12(9-13)18(2)3/h4-10H,17H2,1-3H3. The van der Waals surface area contributed by atoms with Gasteiger partial charge in [0, 0.05) is 43.2 Å². The van der Waals surface area contributed by atoms with Gasteiger partial charge in [0.15, 0.2) is 5.78 Å². The molecule has 0 aliphatic heterocycles. The van der Waals surface area contributed by atoms with Gasteiger partial charge in [-0.15, -0.1) is 0 Å². The summed E-state index contributed by atoms with van der Waals surface area (Å²) >= 11 is 0. The van der Waals surface area contributed by atoms with Gasteiger partial charge in [-0.2, -0.15) is 0 Å². The summed E-state index contributed by atoms with van der Waals surface area (Å²) in [6, 6.07) is 12.8. The average Bonchev–Trinajstić information content (AvgIpc) is 2.38. The molecular formula is C16H18N2O2. The molecule has 2 N–H and O–H groups in total. The average molecular weight is 270 g/mol. The van der Waals surface area contributed by atoms with Crippen LogP contribution in [0, 0.1) is 0 Å². The lowest BCUT2D eigenvalue weighted by Gasteiger charge is -2.14. The van der Waals surface area contributed by atoms with Crippen LogP contribution in [0.1, 0.15) is 17.3 Å². The van der Waals surface area contributed by atoms with E-state index >= 15 is 0 Å². The van der Waals surface area contributed by atoms with E-state index in [2.05, 4.69) is 0 Å². The highest BCUT2D eigenvalue weighted by atomic mass is 16.5. The van der Waals surface area contributed by atoms with Gasteiger partial charge in [-0.25, -0.2) is 0 Å². The second-order valence-electron chi connectivity index (χ2n) is 4.80. The molecule has 0 heterocycles. The largest absolute Gasteiger partial charge is 0.457 e. The topological polar surface area (TPSA) is 55.6 Å². The number of benzene rings is 2. The van der Waals surface area contributed by atoms with Crippen LogP contribution in [0.5, 0.6) is 11.5 Å². The molecule has 0 fully saturated rings. The molecule has 0 aliphatic rings. The zero-order valence-corrected chi connectivity index (χ0v) is 11.9. The quantitative estimate of drug-likeness (QED) is 0.684. The van der Waals surface area contributed by atoms with Crippen LogP contribution in [0.3, 0.4) is 0 Å². The minimum Gasteiger partial charge on any atom is -0.457 e.